The highest BCUT2D eigenvalue weighted by molar-refractivity contribution is 9.10. The second kappa shape index (κ2) is 7.11. The lowest BCUT2D eigenvalue weighted by atomic mass is 10.1. The van der Waals surface area contributed by atoms with E-state index in [9.17, 15) is 13.2 Å². The van der Waals surface area contributed by atoms with Gasteiger partial charge >= 0.3 is 6.18 Å². The monoisotopic (exact) mass is 324 g/mol. The maximum absolute atomic E-state index is 12.5. The Hall–Kier alpha value is -0.590. The van der Waals surface area contributed by atoms with Gasteiger partial charge in [0.2, 0.25) is 0 Å². The lowest BCUT2D eigenvalue weighted by Crippen LogP contribution is -2.20. The van der Waals surface area contributed by atoms with Gasteiger partial charge in [-0.1, -0.05) is 15.9 Å². The average molecular weight is 325 g/mol. The summed E-state index contributed by atoms with van der Waals surface area (Å²) in [7, 11) is 1.86. The first-order chi connectivity index (χ1) is 8.45. The Balaban J connectivity index is 2.59. The van der Waals surface area contributed by atoms with Crippen LogP contribution in [0.2, 0.25) is 0 Å². The van der Waals surface area contributed by atoms with E-state index in [1.807, 2.05) is 7.05 Å². The van der Waals surface area contributed by atoms with Gasteiger partial charge in [-0.05, 0) is 50.3 Å². The van der Waals surface area contributed by atoms with Crippen molar-refractivity contribution in [3.63, 3.8) is 0 Å². The summed E-state index contributed by atoms with van der Waals surface area (Å²) in [5.41, 5.74) is 0.00649. The molecule has 1 rings (SSSR count). The van der Waals surface area contributed by atoms with Crippen LogP contribution >= 0.6 is 15.9 Å². The van der Waals surface area contributed by atoms with Crippen molar-refractivity contribution in [1.82, 2.24) is 10.6 Å². The summed E-state index contributed by atoms with van der Waals surface area (Å²) in [6.45, 7) is 2.08. The zero-order valence-corrected chi connectivity index (χ0v) is 11.7. The third kappa shape index (κ3) is 4.96. The number of alkyl halides is 3. The molecule has 0 unspecified atom stereocenters. The highest BCUT2D eigenvalue weighted by atomic mass is 79.9. The summed E-state index contributed by atoms with van der Waals surface area (Å²) in [4.78, 5) is 0. The van der Waals surface area contributed by atoms with Crippen molar-refractivity contribution in [2.75, 3.05) is 20.1 Å². The van der Waals surface area contributed by atoms with Gasteiger partial charge in [0, 0.05) is 11.0 Å². The van der Waals surface area contributed by atoms with E-state index in [4.69, 9.17) is 0 Å². The van der Waals surface area contributed by atoms with Crippen LogP contribution in [-0.2, 0) is 12.7 Å². The molecule has 0 aromatic heterocycles. The zero-order valence-electron chi connectivity index (χ0n) is 10.1. The molecule has 0 fully saturated rings. The SMILES string of the molecule is CNCCCNCc1cc(C(F)(F)F)ccc1Br. The molecule has 0 aliphatic rings. The summed E-state index contributed by atoms with van der Waals surface area (Å²) in [6.07, 6.45) is -3.35. The van der Waals surface area contributed by atoms with Crippen LogP contribution in [0, 0.1) is 0 Å². The number of nitrogens with one attached hydrogen (secondary N) is 2. The Labute approximate surface area is 113 Å². The molecule has 0 spiro atoms. The van der Waals surface area contributed by atoms with Gasteiger partial charge in [0.1, 0.15) is 0 Å². The van der Waals surface area contributed by atoms with Gasteiger partial charge in [-0.2, -0.15) is 13.2 Å². The molecular formula is C12H16BrF3N2. The Morgan fingerprint density at radius 1 is 1.22 bits per heavy atom. The average Bonchev–Trinajstić information content (AvgIpc) is 2.29. The van der Waals surface area contributed by atoms with Crippen LogP contribution in [0.4, 0.5) is 13.2 Å². The summed E-state index contributed by atoms with van der Waals surface area (Å²) >= 11 is 3.26. The number of hydrogen-bond acceptors (Lipinski definition) is 2. The Bertz CT molecular complexity index is 380. The minimum atomic E-state index is -4.29. The maximum Gasteiger partial charge on any atom is 0.416 e. The molecule has 1 aromatic rings. The van der Waals surface area contributed by atoms with E-state index < -0.39 is 11.7 Å². The highest BCUT2D eigenvalue weighted by Gasteiger charge is 2.30. The molecule has 6 heteroatoms. The normalized spacial score (nSPS) is 11.8. The zero-order chi connectivity index (χ0) is 13.6. The molecule has 0 saturated carbocycles. The van der Waals surface area contributed by atoms with Crippen LogP contribution in [-0.4, -0.2) is 20.1 Å². The molecule has 0 bridgehead atoms. The summed E-state index contributed by atoms with van der Waals surface area (Å²) in [6, 6.07) is 3.69. The van der Waals surface area contributed by atoms with Crippen molar-refractivity contribution in [3.8, 4) is 0 Å². The highest BCUT2D eigenvalue weighted by Crippen LogP contribution is 2.31. The lowest BCUT2D eigenvalue weighted by molar-refractivity contribution is -0.137. The minimum absolute atomic E-state index is 0.425. The molecule has 18 heavy (non-hydrogen) atoms. The molecule has 102 valence electrons. The van der Waals surface area contributed by atoms with Gasteiger partial charge in [0.15, 0.2) is 0 Å². The van der Waals surface area contributed by atoms with E-state index in [1.54, 1.807) is 0 Å². The Kier molecular flexibility index (Phi) is 6.11. The van der Waals surface area contributed by atoms with Gasteiger partial charge in [0.05, 0.1) is 5.56 Å². The molecule has 0 aliphatic heterocycles. The van der Waals surface area contributed by atoms with Crippen molar-refractivity contribution in [1.29, 1.82) is 0 Å². The molecule has 1 aromatic carbocycles. The van der Waals surface area contributed by atoms with E-state index in [2.05, 4.69) is 26.6 Å². The number of halogens is 4. The fraction of sp³-hybridized carbons (Fsp3) is 0.500. The van der Waals surface area contributed by atoms with Gasteiger partial charge < -0.3 is 10.6 Å². The predicted octanol–water partition coefficient (Wildman–Crippen LogP) is 3.17. The predicted molar refractivity (Wildman–Crippen MR) is 69.4 cm³/mol. The Morgan fingerprint density at radius 2 is 1.94 bits per heavy atom. The first-order valence-corrected chi connectivity index (χ1v) is 6.45. The largest absolute Gasteiger partial charge is 0.416 e. The molecule has 2 nitrogen and oxygen atoms in total. The maximum atomic E-state index is 12.5. The van der Waals surface area contributed by atoms with Crippen molar-refractivity contribution < 1.29 is 13.2 Å². The fourth-order valence-corrected chi connectivity index (χ4v) is 1.89. The Morgan fingerprint density at radius 3 is 2.56 bits per heavy atom. The molecular weight excluding hydrogens is 309 g/mol. The molecule has 0 saturated heterocycles. The van der Waals surface area contributed by atoms with E-state index >= 15 is 0 Å². The third-order valence-corrected chi connectivity index (χ3v) is 3.24. The third-order valence-electron chi connectivity index (χ3n) is 2.47. The van der Waals surface area contributed by atoms with Crippen LogP contribution in [0.3, 0.4) is 0 Å². The van der Waals surface area contributed by atoms with Crippen molar-refractivity contribution in [2.45, 2.75) is 19.1 Å². The molecule has 0 radical (unpaired) electrons. The first kappa shape index (κ1) is 15.5. The van der Waals surface area contributed by atoms with Crippen LogP contribution in [0.25, 0.3) is 0 Å². The summed E-state index contributed by atoms with van der Waals surface area (Å²) < 4.78 is 38.3. The standard InChI is InChI=1S/C12H16BrF3N2/c1-17-5-2-6-18-8-9-7-10(12(14,15)16)3-4-11(9)13/h3-4,7,17-18H,2,5-6,8H2,1H3. The molecule has 2 N–H and O–H groups in total. The molecule has 0 amide bonds. The smallest absolute Gasteiger partial charge is 0.320 e. The van der Waals surface area contributed by atoms with Gasteiger partial charge in [-0.3, -0.25) is 0 Å². The van der Waals surface area contributed by atoms with Crippen LogP contribution in [0.5, 0.6) is 0 Å². The second-order valence-corrected chi connectivity index (χ2v) is 4.79. The van der Waals surface area contributed by atoms with Crippen molar-refractivity contribution >= 4 is 15.9 Å². The topological polar surface area (TPSA) is 24.1 Å². The van der Waals surface area contributed by atoms with Gasteiger partial charge in [-0.15, -0.1) is 0 Å². The van der Waals surface area contributed by atoms with E-state index in [1.165, 1.54) is 12.1 Å². The molecule has 0 aliphatic carbocycles. The number of benzene rings is 1. The van der Waals surface area contributed by atoms with Crippen molar-refractivity contribution in [2.24, 2.45) is 0 Å². The van der Waals surface area contributed by atoms with E-state index in [-0.39, 0.29) is 0 Å². The quantitative estimate of drug-likeness (QED) is 0.785. The number of hydrogen-bond donors (Lipinski definition) is 2. The summed E-state index contributed by atoms with van der Waals surface area (Å²) in [5, 5.41) is 6.13. The molecule has 0 atom stereocenters. The molecule has 0 heterocycles. The summed E-state index contributed by atoms with van der Waals surface area (Å²) in [5.74, 6) is 0. The van der Waals surface area contributed by atoms with Gasteiger partial charge in [0.25, 0.3) is 0 Å². The van der Waals surface area contributed by atoms with Crippen LogP contribution < -0.4 is 10.6 Å². The van der Waals surface area contributed by atoms with Crippen molar-refractivity contribution in [3.05, 3.63) is 33.8 Å². The first-order valence-electron chi connectivity index (χ1n) is 5.66. The number of rotatable bonds is 6. The minimum Gasteiger partial charge on any atom is -0.320 e. The lowest BCUT2D eigenvalue weighted by Gasteiger charge is -2.11. The van der Waals surface area contributed by atoms with E-state index in [0.717, 1.165) is 25.6 Å². The van der Waals surface area contributed by atoms with Crippen LogP contribution in [0.15, 0.2) is 22.7 Å². The van der Waals surface area contributed by atoms with Gasteiger partial charge in [-0.25, -0.2) is 0 Å². The van der Waals surface area contributed by atoms with E-state index in [0.29, 0.717) is 16.6 Å². The second-order valence-electron chi connectivity index (χ2n) is 3.94. The fourth-order valence-electron chi connectivity index (χ4n) is 1.50. The van der Waals surface area contributed by atoms with Crippen LogP contribution in [0.1, 0.15) is 17.5 Å².